The maximum atomic E-state index is 12.3. The van der Waals surface area contributed by atoms with Gasteiger partial charge in [0.05, 0.1) is 16.1 Å². The Hall–Kier alpha value is -1.72. The molecular formula is C15H11BrN2OS. The standard InChI is InChI=1S/C15H11BrN2OS/c1-9-6-8-20-14(9)15(19)18-12-5-4-11(16)10-3-2-7-17-13(10)12/h2-8H,1H3,(H,18,19). The Morgan fingerprint density at radius 3 is 2.90 bits per heavy atom. The molecule has 20 heavy (non-hydrogen) atoms. The number of nitrogens with zero attached hydrogens (tertiary/aromatic N) is 1. The van der Waals surface area contributed by atoms with Crippen molar-refractivity contribution in [3.63, 3.8) is 0 Å². The summed E-state index contributed by atoms with van der Waals surface area (Å²) in [5, 5.41) is 5.84. The van der Waals surface area contributed by atoms with Gasteiger partial charge in [0.15, 0.2) is 0 Å². The lowest BCUT2D eigenvalue weighted by atomic mass is 10.2. The van der Waals surface area contributed by atoms with Crippen LogP contribution in [-0.4, -0.2) is 10.9 Å². The summed E-state index contributed by atoms with van der Waals surface area (Å²) in [4.78, 5) is 17.4. The van der Waals surface area contributed by atoms with Crippen LogP contribution < -0.4 is 5.32 Å². The third-order valence-corrected chi connectivity index (χ3v) is 4.74. The zero-order valence-electron chi connectivity index (χ0n) is 10.7. The molecule has 0 aliphatic rings. The van der Waals surface area contributed by atoms with Gasteiger partial charge in [0.1, 0.15) is 0 Å². The smallest absolute Gasteiger partial charge is 0.266 e. The number of carbonyl (C=O) groups is 1. The van der Waals surface area contributed by atoms with Gasteiger partial charge in [0, 0.05) is 16.1 Å². The summed E-state index contributed by atoms with van der Waals surface area (Å²) in [7, 11) is 0. The lowest BCUT2D eigenvalue weighted by Gasteiger charge is -2.08. The van der Waals surface area contributed by atoms with Gasteiger partial charge >= 0.3 is 0 Å². The summed E-state index contributed by atoms with van der Waals surface area (Å²) >= 11 is 4.94. The van der Waals surface area contributed by atoms with Crippen molar-refractivity contribution in [2.45, 2.75) is 6.92 Å². The molecule has 1 N–H and O–H groups in total. The number of benzene rings is 1. The van der Waals surface area contributed by atoms with E-state index in [1.807, 2.05) is 42.6 Å². The van der Waals surface area contributed by atoms with Gasteiger partial charge in [0.25, 0.3) is 5.91 Å². The van der Waals surface area contributed by atoms with E-state index in [1.165, 1.54) is 11.3 Å². The van der Waals surface area contributed by atoms with Gasteiger partial charge in [-0.2, -0.15) is 0 Å². The molecule has 0 spiro atoms. The molecule has 2 heterocycles. The number of nitrogens with one attached hydrogen (secondary N) is 1. The highest BCUT2D eigenvalue weighted by molar-refractivity contribution is 9.10. The van der Waals surface area contributed by atoms with E-state index < -0.39 is 0 Å². The maximum Gasteiger partial charge on any atom is 0.266 e. The van der Waals surface area contributed by atoms with Crippen molar-refractivity contribution >= 4 is 49.8 Å². The van der Waals surface area contributed by atoms with Crippen LogP contribution in [0.2, 0.25) is 0 Å². The van der Waals surface area contributed by atoms with E-state index in [-0.39, 0.29) is 5.91 Å². The van der Waals surface area contributed by atoms with Crippen molar-refractivity contribution < 1.29 is 4.79 Å². The van der Waals surface area contributed by atoms with Crippen molar-refractivity contribution in [2.75, 3.05) is 5.32 Å². The number of anilines is 1. The Kier molecular flexibility index (Phi) is 3.54. The highest BCUT2D eigenvalue weighted by atomic mass is 79.9. The van der Waals surface area contributed by atoms with Crippen LogP contribution in [-0.2, 0) is 0 Å². The van der Waals surface area contributed by atoms with E-state index in [4.69, 9.17) is 0 Å². The van der Waals surface area contributed by atoms with Crippen LogP contribution in [0.15, 0.2) is 46.4 Å². The SMILES string of the molecule is Cc1ccsc1C(=O)Nc1ccc(Br)c2cccnc12. The number of amides is 1. The van der Waals surface area contributed by atoms with Crippen LogP contribution in [0.3, 0.4) is 0 Å². The number of hydrogen-bond donors (Lipinski definition) is 1. The van der Waals surface area contributed by atoms with E-state index in [9.17, 15) is 4.79 Å². The zero-order chi connectivity index (χ0) is 14.1. The molecule has 0 radical (unpaired) electrons. The number of carbonyl (C=O) groups excluding carboxylic acids is 1. The second-order valence-corrected chi connectivity index (χ2v) is 6.15. The van der Waals surface area contributed by atoms with E-state index in [2.05, 4.69) is 26.2 Å². The summed E-state index contributed by atoms with van der Waals surface area (Å²) in [5.74, 6) is -0.0909. The van der Waals surface area contributed by atoms with Crippen molar-refractivity contribution in [1.29, 1.82) is 0 Å². The summed E-state index contributed by atoms with van der Waals surface area (Å²) < 4.78 is 0.964. The normalized spacial score (nSPS) is 10.7. The highest BCUT2D eigenvalue weighted by Gasteiger charge is 2.13. The molecule has 2 aromatic heterocycles. The number of halogens is 1. The van der Waals surface area contributed by atoms with E-state index in [1.54, 1.807) is 6.20 Å². The summed E-state index contributed by atoms with van der Waals surface area (Å²) in [6.45, 7) is 1.93. The van der Waals surface area contributed by atoms with Gasteiger partial charge in [-0.05, 0) is 42.1 Å². The molecule has 5 heteroatoms. The predicted molar refractivity (Wildman–Crippen MR) is 86.5 cm³/mol. The molecule has 1 amide bonds. The fourth-order valence-electron chi connectivity index (χ4n) is 2.02. The van der Waals surface area contributed by atoms with Gasteiger partial charge in [-0.15, -0.1) is 11.3 Å². The molecule has 0 fully saturated rings. The number of rotatable bonds is 2. The molecule has 0 saturated heterocycles. The van der Waals surface area contributed by atoms with Crippen LogP contribution in [0.5, 0.6) is 0 Å². The second-order valence-electron chi connectivity index (χ2n) is 4.38. The summed E-state index contributed by atoms with van der Waals surface area (Å²) in [6.07, 6.45) is 1.72. The molecule has 1 aromatic carbocycles. The number of aryl methyl sites for hydroxylation is 1. The van der Waals surface area contributed by atoms with Gasteiger partial charge in [-0.1, -0.05) is 22.0 Å². The van der Waals surface area contributed by atoms with Gasteiger partial charge in [-0.3, -0.25) is 9.78 Å². The first-order valence-corrected chi connectivity index (χ1v) is 7.73. The Bertz CT molecular complexity index is 797. The van der Waals surface area contributed by atoms with Crippen molar-refractivity contribution in [1.82, 2.24) is 4.98 Å². The average Bonchev–Trinajstić information content (AvgIpc) is 2.88. The van der Waals surface area contributed by atoms with Crippen LogP contribution in [0.25, 0.3) is 10.9 Å². The van der Waals surface area contributed by atoms with Gasteiger partial charge in [0.2, 0.25) is 0 Å². The Balaban J connectivity index is 2.02. The molecule has 0 atom stereocenters. The van der Waals surface area contributed by atoms with Crippen LogP contribution >= 0.6 is 27.3 Å². The molecule has 0 unspecified atom stereocenters. The minimum atomic E-state index is -0.0909. The van der Waals surface area contributed by atoms with Gasteiger partial charge in [-0.25, -0.2) is 0 Å². The first-order chi connectivity index (χ1) is 9.66. The third-order valence-electron chi connectivity index (χ3n) is 3.03. The fourth-order valence-corrected chi connectivity index (χ4v) is 3.30. The topological polar surface area (TPSA) is 42.0 Å². The maximum absolute atomic E-state index is 12.3. The van der Waals surface area contributed by atoms with E-state index in [0.717, 1.165) is 31.5 Å². The Labute approximate surface area is 128 Å². The monoisotopic (exact) mass is 346 g/mol. The number of hydrogen-bond acceptors (Lipinski definition) is 3. The lowest BCUT2D eigenvalue weighted by Crippen LogP contribution is -2.11. The molecule has 3 aromatic rings. The molecule has 0 aliphatic heterocycles. The average molecular weight is 347 g/mol. The van der Waals surface area contributed by atoms with E-state index in [0.29, 0.717) is 0 Å². The fraction of sp³-hybridized carbons (Fsp3) is 0.0667. The first kappa shape index (κ1) is 13.3. The molecule has 3 nitrogen and oxygen atoms in total. The number of aromatic nitrogens is 1. The molecular weight excluding hydrogens is 336 g/mol. The minimum Gasteiger partial charge on any atom is -0.319 e. The second kappa shape index (κ2) is 5.34. The molecule has 100 valence electrons. The largest absolute Gasteiger partial charge is 0.319 e. The molecule has 0 saturated carbocycles. The Morgan fingerprint density at radius 2 is 2.15 bits per heavy atom. The van der Waals surface area contributed by atoms with Crippen LogP contribution in [0, 0.1) is 6.92 Å². The quantitative estimate of drug-likeness (QED) is 0.735. The number of pyridine rings is 1. The van der Waals surface area contributed by atoms with Crippen LogP contribution in [0.1, 0.15) is 15.2 Å². The molecule has 0 aliphatic carbocycles. The van der Waals surface area contributed by atoms with Crippen LogP contribution in [0.4, 0.5) is 5.69 Å². The lowest BCUT2D eigenvalue weighted by molar-refractivity contribution is 0.103. The van der Waals surface area contributed by atoms with Crippen molar-refractivity contribution in [2.24, 2.45) is 0 Å². The van der Waals surface area contributed by atoms with Crippen molar-refractivity contribution in [3.8, 4) is 0 Å². The van der Waals surface area contributed by atoms with Crippen molar-refractivity contribution in [3.05, 3.63) is 56.8 Å². The summed E-state index contributed by atoms with van der Waals surface area (Å²) in [5.41, 5.74) is 2.49. The summed E-state index contributed by atoms with van der Waals surface area (Å²) in [6, 6.07) is 9.57. The Morgan fingerprint density at radius 1 is 1.30 bits per heavy atom. The minimum absolute atomic E-state index is 0.0909. The zero-order valence-corrected chi connectivity index (χ0v) is 13.1. The molecule has 3 rings (SSSR count). The highest BCUT2D eigenvalue weighted by Crippen LogP contribution is 2.29. The van der Waals surface area contributed by atoms with Gasteiger partial charge < -0.3 is 5.32 Å². The third kappa shape index (κ3) is 2.34. The number of thiophene rings is 1. The predicted octanol–water partition coefficient (Wildman–Crippen LogP) is 4.62. The number of fused-ring (bicyclic) bond motifs is 1. The first-order valence-electron chi connectivity index (χ1n) is 6.05. The van der Waals surface area contributed by atoms with E-state index >= 15 is 0 Å². The molecule has 0 bridgehead atoms.